The van der Waals surface area contributed by atoms with Crippen molar-refractivity contribution in [3.63, 3.8) is 0 Å². The molecule has 1 aromatic heterocycles. The molecule has 0 aliphatic carbocycles. The Morgan fingerprint density at radius 3 is 2.30 bits per heavy atom. The Balaban J connectivity index is 2.01. The normalized spacial score (nSPS) is 9.17. The van der Waals surface area contributed by atoms with Crippen LogP contribution in [0.1, 0.15) is 16.2 Å². The van der Waals surface area contributed by atoms with Crippen molar-refractivity contribution >= 4 is 23.0 Å². The van der Waals surface area contributed by atoms with Crippen molar-refractivity contribution in [2.75, 3.05) is 10.7 Å². The van der Waals surface area contributed by atoms with Gasteiger partial charge in [-0.1, -0.05) is 0 Å². The number of nitrogens with one attached hydrogen (secondary N) is 2. The van der Waals surface area contributed by atoms with Crippen LogP contribution in [0.5, 0.6) is 0 Å². The van der Waals surface area contributed by atoms with Crippen LogP contribution in [-0.4, -0.2) is 21.6 Å². The molecule has 0 fully saturated rings. The third-order valence-electron chi connectivity index (χ3n) is 2.66. The zero-order valence-corrected chi connectivity index (χ0v) is 12.1. The zero-order chi connectivity index (χ0) is 16.7. The molecule has 8 heteroatoms. The molecular weight excluding hydrogens is 294 g/mol. The first-order valence-electron chi connectivity index (χ1n) is 6.46. The molecule has 0 atom stereocenters. The fourth-order valence-electron chi connectivity index (χ4n) is 1.53. The number of aryl methyl sites for hydroxylation is 1. The molecule has 0 aliphatic rings. The second kappa shape index (κ2) is 7.29. The summed E-state index contributed by atoms with van der Waals surface area (Å²) in [6.07, 6.45) is 2.92. The summed E-state index contributed by atoms with van der Waals surface area (Å²) in [6.45, 7) is 1.78. The topological polar surface area (TPSA) is 127 Å². The second-order valence-corrected chi connectivity index (χ2v) is 4.37. The van der Waals surface area contributed by atoms with Gasteiger partial charge in [-0.2, -0.15) is 15.6 Å². The average Bonchev–Trinajstić information content (AvgIpc) is 2.58. The van der Waals surface area contributed by atoms with E-state index in [9.17, 15) is 4.79 Å². The number of benzene rings is 1. The van der Waals surface area contributed by atoms with Crippen molar-refractivity contribution < 1.29 is 4.79 Å². The Morgan fingerprint density at radius 2 is 1.74 bits per heavy atom. The van der Waals surface area contributed by atoms with Crippen LogP contribution in [0.3, 0.4) is 0 Å². The molecule has 0 bridgehead atoms. The first kappa shape index (κ1) is 15.6. The molecule has 0 spiro atoms. The predicted molar refractivity (Wildman–Crippen MR) is 83.4 cm³/mol. The van der Waals surface area contributed by atoms with Gasteiger partial charge in [0.05, 0.1) is 17.6 Å². The number of nitriles is 2. The standard InChI is InChI=1S/C15H11N7O/c1-10-8-19-14(9-18-10)15(23)20-11-2-4-12(5-3-11)21-22-13(6-16)7-17/h2-5,8-9,21H,1H3,(H,20,23). The number of nitrogens with zero attached hydrogens (tertiary/aromatic N) is 5. The third kappa shape index (κ3) is 4.34. The molecular formula is C15H11N7O. The lowest BCUT2D eigenvalue weighted by Crippen LogP contribution is -2.14. The van der Waals surface area contributed by atoms with E-state index in [4.69, 9.17) is 10.5 Å². The average molecular weight is 305 g/mol. The maximum atomic E-state index is 12.0. The van der Waals surface area contributed by atoms with E-state index < -0.39 is 0 Å². The van der Waals surface area contributed by atoms with E-state index in [0.717, 1.165) is 5.69 Å². The number of rotatable bonds is 4. The van der Waals surface area contributed by atoms with Crippen molar-refractivity contribution in [2.45, 2.75) is 6.92 Å². The van der Waals surface area contributed by atoms with Crippen LogP contribution in [0, 0.1) is 29.6 Å². The van der Waals surface area contributed by atoms with Gasteiger partial charge in [0.25, 0.3) is 5.91 Å². The Labute approximate surface area is 132 Å². The monoisotopic (exact) mass is 305 g/mol. The highest BCUT2D eigenvalue weighted by atomic mass is 16.1. The quantitative estimate of drug-likeness (QED) is 0.655. The van der Waals surface area contributed by atoms with Crippen LogP contribution in [0.4, 0.5) is 11.4 Å². The van der Waals surface area contributed by atoms with Crippen LogP contribution in [0.15, 0.2) is 41.8 Å². The number of anilines is 2. The molecule has 2 aromatic rings. The summed E-state index contributed by atoms with van der Waals surface area (Å²) in [5, 5.41) is 23.4. The van der Waals surface area contributed by atoms with Gasteiger partial charge in [0.1, 0.15) is 17.8 Å². The van der Waals surface area contributed by atoms with E-state index >= 15 is 0 Å². The van der Waals surface area contributed by atoms with Gasteiger partial charge >= 0.3 is 0 Å². The van der Waals surface area contributed by atoms with Crippen molar-refractivity contribution in [1.82, 2.24) is 9.97 Å². The molecule has 0 saturated heterocycles. The summed E-state index contributed by atoms with van der Waals surface area (Å²) < 4.78 is 0. The first-order chi connectivity index (χ1) is 11.1. The summed E-state index contributed by atoms with van der Waals surface area (Å²) in [6, 6.07) is 9.86. The Kier molecular flexibility index (Phi) is 4.95. The summed E-state index contributed by atoms with van der Waals surface area (Å²) >= 11 is 0. The maximum absolute atomic E-state index is 12.0. The second-order valence-electron chi connectivity index (χ2n) is 4.37. The van der Waals surface area contributed by atoms with Crippen LogP contribution >= 0.6 is 0 Å². The van der Waals surface area contributed by atoms with E-state index in [1.807, 2.05) is 0 Å². The lowest BCUT2D eigenvalue weighted by molar-refractivity contribution is 0.102. The van der Waals surface area contributed by atoms with Gasteiger partial charge in [-0.05, 0) is 31.2 Å². The summed E-state index contributed by atoms with van der Waals surface area (Å²) in [5.74, 6) is -0.368. The van der Waals surface area contributed by atoms with Crippen LogP contribution in [0.2, 0.25) is 0 Å². The van der Waals surface area contributed by atoms with E-state index in [0.29, 0.717) is 11.4 Å². The minimum Gasteiger partial charge on any atom is -0.321 e. The molecule has 2 rings (SSSR count). The van der Waals surface area contributed by atoms with E-state index in [1.54, 1.807) is 43.3 Å². The van der Waals surface area contributed by atoms with Gasteiger partial charge in [-0.25, -0.2) is 4.98 Å². The Bertz CT molecular complexity index is 795. The molecule has 0 radical (unpaired) electrons. The van der Waals surface area contributed by atoms with Crippen molar-refractivity contribution in [2.24, 2.45) is 5.10 Å². The molecule has 1 aromatic carbocycles. The fraction of sp³-hybridized carbons (Fsp3) is 0.0667. The molecule has 0 unspecified atom stereocenters. The molecule has 1 amide bonds. The SMILES string of the molecule is Cc1cnc(C(=O)Nc2ccc(NN=C(C#N)C#N)cc2)cn1. The number of amides is 1. The minimum absolute atomic E-state index is 0.218. The van der Waals surface area contributed by atoms with Crippen LogP contribution in [-0.2, 0) is 0 Å². The smallest absolute Gasteiger partial charge is 0.275 e. The number of hydrazone groups is 1. The molecule has 0 aliphatic heterocycles. The fourth-order valence-corrected chi connectivity index (χ4v) is 1.53. The number of hydrogen-bond acceptors (Lipinski definition) is 7. The number of carbonyl (C=O) groups is 1. The van der Waals surface area contributed by atoms with Crippen molar-refractivity contribution in [3.05, 3.63) is 48.0 Å². The molecule has 2 N–H and O–H groups in total. The predicted octanol–water partition coefficient (Wildman–Crippen LogP) is 1.85. The molecule has 112 valence electrons. The van der Waals surface area contributed by atoms with E-state index in [-0.39, 0.29) is 17.3 Å². The molecule has 0 saturated carbocycles. The van der Waals surface area contributed by atoms with Gasteiger partial charge in [-0.15, -0.1) is 0 Å². The number of hydrogen-bond donors (Lipinski definition) is 2. The highest BCUT2D eigenvalue weighted by Gasteiger charge is 2.07. The summed E-state index contributed by atoms with van der Waals surface area (Å²) in [4.78, 5) is 20.0. The van der Waals surface area contributed by atoms with Gasteiger partial charge < -0.3 is 5.32 Å². The van der Waals surface area contributed by atoms with E-state index in [2.05, 4.69) is 25.8 Å². The number of aromatic nitrogens is 2. The Morgan fingerprint density at radius 1 is 1.09 bits per heavy atom. The summed E-state index contributed by atoms with van der Waals surface area (Å²) in [7, 11) is 0. The van der Waals surface area contributed by atoms with Crippen molar-refractivity contribution in [3.8, 4) is 12.1 Å². The molecule has 23 heavy (non-hydrogen) atoms. The minimum atomic E-state index is -0.368. The van der Waals surface area contributed by atoms with Gasteiger partial charge in [0, 0.05) is 11.9 Å². The lowest BCUT2D eigenvalue weighted by atomic mass is 10.2. The largest absolute Gasteiger partial charge is 0.321 e. The molecule has 1 heterocycles. The van der Waals surface area contributed by atoms with Crippen molar-refractivity contribution in [1.29, 1.82) is 10.5 Å². The zero-order valence-electron chi connectivity index (χ0n) is 12.1. The third-order valence-corrected chi connectivity index (χ3v) is 2.66. The van der Waals surface area contributed by atoms with Crippen LogP contribution in [0.25, 0.3) is 0 Å². The number of carbonyl (C=O) groups excluding carboxylic acids is 1. The van der Waals surface area contributed by atoms with Crippen LogP contribution < -0.4 is 10.7 Å². The van der Waals surface area contributed by atoms with Gasteiger partial charge in [0.2, 0.25) is 5.71 Å². The highest BCUT2D eigenvalue weighted by Crippen LogP contribution is 2.14. The van der Waals surface area contributed by atoms with Gasteiger partial charge in [0.15, 0.2) is 0 Å². The maximum Gasteiger partial charge on any atom is 0.275 e. The molecule has 8 nitrogen and oxygen atoms in total. The lowest BCUT2D eigenvalue weighted by Gasteiger charge is -2.06. The highest BCUT2D eigenvalue weighted by molar-refractivity contribution is 6.10. The van der Waals surface area contributed by atoms with Gasteiger partial charge in [-0.3, -0.25) is 15.2 Å². The first-order valence-corrected chi connectivity index (χ1v) is 6.46. The Hall–Kier alpha value is -3.78. The summed E-state index contributed by atoms with van der Waals surface area (Å²) in [5.41, 5.74) is 4.37. The van der Waals surface area contributed by atoms with E-state index in [1.165, 1.54) is 12.4 Å².